The Bertz CT molecular complexity index is 1220. The van der Waals surface area contributed by atoms with Gasteiger partial charge in [-0.25, -0.2) is 4.68 Å². The maximum Gasteiger partial charge on any atom is 0.191 e. The van der Waals surface area contributed by atoms with E-state index < -0.39 is 8.32 Å². The highest BCUT2D eigenvalue weighted by Gasteiger charge is 2.36. The van der Waals surface area contributed by atoms with Gasteiger partial charge >= 0.3 is 0 Å². The highest BCUT2D eigenvalue weighted by Crippen LogP contribution is 2.36. The summed E-state index contributed by atoms with van der Waals surface area (Å²) in [5, 5.41) is 5.08. The van der Waals surface area contributed by atoms with Gasteiger partial charge in [-0.15, -0.1) is 0 Å². The first-order valence-electron chi connectivity index (χ1n) is 13.5. The van der Waals surface area contributed by atoms with Crippen LogP contribution >= 0.6 is 0 Å². The van der Waals surface area contributed by atoms with Gasteiger partial charge in [0.15, 0.2) is 8.32 Å². The number of methoxy groups -OCH3 is 1. The fraction of sp³-hybridized carbons (Fsp3) is 0.516. The topological polar surface area (TPSA) is 66.2 Å². The summed E-state index contributed by atoms with van der Waals surface area (Å²) in [7, 11) is -0.0938. The van der Waals surface area contributed by atoms with Gasteiger partial charge < -0.3 is 9.16 Å². The summed E-state index contributed by atoms with van der Waals surface area (Å²) in [6, 6.07) is 14.0. The lowest BCUT2D eigenvalue weighted by atomic mass is 9.92. The largest absolute Gasteiger partial charge is 0.497 e. The van der Waals surface area contributed by atoms with Crippen molar-refractivity contribution in [2.45, 2.75) is 90.8 Å². The van der Waals surface area contributed by atoms with Crippen molar-refractivity contribution in [2.75, 3.05) is 13.7 Å². The van der Waals surface area contributed by atoms with Crippen molar-refractivity contribution in [3.05, 3.63) is 71.3 Å². The average Bonchev–Trinajstić information content (AvgIpc) is 3.28. The zero-order chi connectivity index (χ0) is 28.1. The SMILES string of the molecule is COc1cccc(-n2nc(C(C)(C)C)cc2CCC(=O)Cc2ccc(CCO[Si](C)(C)C(C)(C)C)nc2)c1. The van der Waals surface area contributed by atoms with Crippen molar-refractivity contribution in [1.82, 2.24) is 14.8 Å². The number of aryl methyl sites for hydroxylation is 1. The number of rotatable bonds is 11. The molecule has 0 saturated heterocycles. The lowest BCUT2D eigenvalue weighted by Gasteiger charge is -2.36. The maximum atomic E-state index is 12.9. The summed E-state index contributed by atoms with van der Waals surface area (Å²) < 4.78 is 13.6. The number of ether oxygens (including phenoxy) is 1. The second-order valence-electron chi connectivity index (χ2n) is 12.6. The van der Waals surface area contributed by atoms with E-state index in [-0.39, 0.29) is 16.2 Å². The van der Waals surface area contributed by atoms with E-state index in [0.717, 1.165) is 40.5 Å². The third-order valence-electron chi connectivity index (χ3n) is 7.42. The first-order chi connectivity index (χ1) is 17.7. The van der Waals surface area contributed by atoms with Gasteiger partial charge in [-0.3, -0.25) is 9.78 Å². The quantitative estimate of drug-likeness (QED) is 0.250. The number of carbonyl (C=O) groups is 1. The molecule has 2 aromatic heterocycles. The molecule has 0 atom stereocenters. The molecular weight excluding hydrogens is 490 g/mol. The van der Waals surface area contributed by atoms with Gasteiger partial charge in [-0.2, -0.15) is 5.10 Å². The number of carbonyl (C=O) groups excluding carboxylic acids is 1. The first kappa shape index (κ1) is 29.8. The Labute approximate surface area is 229 Å². The smallest absolute Gasteiger partial charge is 0.191 e. The Morgan fingerprint density at radius 1 is 1.00 bits per heavy atom. The minimum Gasteiger partial charge on any atom is -0.497 e. The van der Waals surface area contributed by atoms with Gasteiger partial charge in [0.1, 0.15) is 11.5 Å². The van der Waals surface area contributed by atoms with E-state index in [1.807, 2.05) is 47.3 Å². The third kappa shape index (κ3) is 7.87. The second kappa shape index (κ2) is 12.0. The molecular formula is C31H45N3O3Si. The molecule has 3 rings (SSSR count). The highest BCUT2D eigenvalue weighted by atomic mass is 28.4. The molecule has 2 heterocycles. The van der Waals surface area contributed by atoms with E-state index >= 15 is 0 Å². The van der Waals surface area contributed by atoms with Crippen LogP contribution in [0.5, 0.6) is 5.75 Å². The predicted octanol–water partition coefficient (Wildman–Crippen LogP) is 6.88. The molecule has 7 heteroatoms. The molecule has 0 aliphatic rings. The van der Waals surface area contributed by atoms with Crippen LogP contribution in [0.3, 0.4) is 0 Å². The summed E-state index contributed by atoms with van der Waals surface area (Å²) in [6.07, 6.45) is 4.06. The highest BCUT2D eigenvalue weighted by molar-refractivity contribution is 6.74. The molecule has 0 amide bonds. The van der Waals surface area contributed by atoms with Crippen LogP contribution in [0.25, 0.3) is 5.69 Å². The van der Waals surface area contributed by atoms with Crippen LogP contribution in [0.4, 0.5) is 0 Å². The van der Waals surface area contributed by atoms with Crippen LogP contribution < -0.4 is 4.74 Å². The molecule has 0 spiro atoms. The number of nitrogens with zero attached hydrogens (tertiary/aromatic N) is 3. The molecule has 1 aromatic carbocycles. The molecule has 0 radical (unpaired) electrons. The van der Waals surface area contributed by atoms with Crippen molar-refractivity contribution in [2.24, 2.45) is 0 Å². The standard InChI is InChI=1S/C31H45N3O3Si/c1-30(2,3)29-21-26(34(33-29)25-11-10-12-28(20-25)36-7)15-16-27(35)19-23-13-14-24(32-22-23)17-18-37-38(8,9)31(4,5)6/h10-14,20-22H,15-19H2,1-9H3. The molecule has 0 saturated carbocycles. The van der Waals surface area contributed by atoms with Gasteiger partial charge in [0.25, 0.3) is 0 Å². The van der Waals surface area contributed by atoms with Crippen LogP contribution in [0.2, 0.25) is 18.1 Å². The summed E-state index contributed by atoms with van der Waals surface area (Å²) in [4.78, 5) is 17.5. The van der Waals surface area contributed by atoms with Crippen molar-refractivity contribution < 1.29 is 14.0 Å². The average molecular weight is 536 g/mol. The Kier molecular flexibility index (Phi) is 9.37. The molecule has 206 valence electrons. The number of Topliss-reactive ketones (excluding diaryl/α,β-unsaturated/α-hetero) is 1. The lowest BCUT2D eigenvalue weighted by molar-refractivity contribution is -0.118. The van der Waals surface area contributed by atoms with Gasteiger partial charge in [0, 0.05) is 54.9 Å². The fourth-order valence-corrected chi connectivity index (χ4v) is 4.89. The number of benzene rings is 1. The lowest BCUT2D eigenvalue weighted by Crippen LogP contribution is -2.41. The maximum absolute atomic E-state index is 12.9. The first-order valence-corrected chi connectivity index (χ1v) is 16.4. The molecule has 38 heavy (non-hydrogen) atoms. The van der Waals surface area contributed by atoms with Gasteiger partial charge in [0.2, 0.25) is 0 Å². The number of pyridine rings is 1. The molecule has 0 aliphatic heterocycles. The Balaban J connectivity index is 1.61. The molecule has 0 unspecified atom stereocenters. The van der Waals surface area contributed by atoms with Crippen molar-refractivity contribution in [3.63, 3.8) is 0 Å². The number of ketones is 1. The minimum absolute atomic E-state index is 0.0913. The Hall–Kier alpha value is -2.77. The minimum atomic E-state index is -1.75. The van der Waals surface area contributed by atoms with Crippen LogP contribution in [0.15, 0.2) is 48.7 Å². The van der Waals surface area contributed by atoms with Crippen LogP contribution in [-0.2, 0) is 33.9 Å². The zero-order valence-corrected chi connectivity index (χ0v) is 25.7. The number of hydrogen-bond donors (Lipinski definition) is 0. The van der Waals surface area contributed by atoms with E-state index in [1.165, 1.54) is 0 Å². The normalized spacial score (nSPS) is 12.6. The van der Waals surface area contributed by atoms with Gasteiger partial charge in [-0.05, 0) is 54.4 Å². The monoisotopic (exact) mass is 535 g/mol. The molecule has 0 bridgehead atoms. The second-order valence-corrected chi connectivity index (χ2v) is 17.4. The van der Waals surface area contributed by atoms with Gasteiger partial charge in [0.05, 0.1) is 18.5 Å². The summed E-state index contributed by atoms with van der Waals surface area (Å²) in [5.74, 6) is 0.969. The van der Waals surface area contributed by atoms with Crippen LogP contribution in [0.1, 0.15) is 70.6 Å². The van der Waals surface area contributed by atoms with Crippen LogP contribution in [0, 0.1) is 0 Å². The Morgan fingerprint density at radius 3 is 2.34 bits per heavy atom. The molecule has 0 aliphatic carbocycles. The predicted molar refractivity (Wildman–Crippen MR) is 157 cm³/mol. The summed E-state index contributed by atoms with van der Waals surface area (Å²) in [6.45, 7) is 18.4. The summed E-state index contributed by atoms with van der Waals surface area (Å²) >= 11 is 0. The molecule has 0 fully saturated rings. The van der Waals surface area contributed by atoms with E-state index in [2.05, 4.69) is 65.7 Å². The van der Waals surface area contributed by atoms with Crippen molar-refractivity contribution in [3.8, 4) is 11.4 Å². The van der Waals surface area contributed by atoms with E-state index in [1.54, 1.807) is 7.11 Å². The molecule has 6 nitrogen and oxygen atoms in total. The number of aromatic nitrogens is 3. The van der Waals surface area contributed by atoms with E-state index in [4.69, 9.17) is 14.3 Å². The van der Waals surface area contributed by atoms with Crippen molar-refractivity contribution in [1.29, 1.82) is 0 Å². The Morgan fingerprint density at radius 2 is 1.74 bits per heavy atom. The van der Waals surface area contributed by atoms with E-state index in [9.17, 15) is 4.79 Å². The third-order valence-corrected chi connectivity index (χ3v) is 12.0. The fourth-order valence-electron chi connectivity index (χ4n) is 3.85. The number of hydrogen-bond acceptors (Lipinski definition) is 5. The molecule has 3 aromatic rings. The van der Waals surface area contributed by atoms with E-state index in [0.29, 0.717) is 25.9 Å². The van der Waals surface area contributed by atoms with Crippen LogP contribution in [-0.4, -0.2) is 42.6 Å². The summed E-state index contributed by atoms with van der Waals surface area (Å²) in [5.41, 5.74) is 4.80. The van der Waals surface area contributed by atoms with Gasteiger partial charge in [-0.1, -0.05) is 53.7 Å². The van der Waals surface area contributed by atoms with Crippen molar-refractivity contribution >= 4 is 14.1 Å². The zero-order valence-electron chi connectivity index (χ0n) is 24.7. The molecule has 0 N–H and O–H groups in total.